The van der Waals surface area contributed by atoms with Crippen LogP contribution in [0.4, 0.5) is 4.79 Å². The molecule has 6 heteroatoms. The van der Waals surface area contributed by atoms with Gasteiger partial charge in [0.1, 0.15) is 11.3 Å². The van der Waals surface area contributed by atoms with Gasteiger partial charge in [0.2, 0.25) is 0 Å². The number of ether oxygens (including phenoxy) is 1. The van der Waals surface area contributed by atoms with Crippen molar-refractivity contribution in [2.45, 2.75) is 25.3 Å². The summed E-state index contributed by atoms with van der Waals surface area (Å²) >= 11 is 0. The third-order valence-corrected chi connectivity index (χ3v) is 5.73. The molecule has 33 heavy (non-hydrogen) atoms. The van der Waals surface area contributed by atoms with Crippen LogP contribution < -0.4 is 10.1 Å². The maximum absolute atomic E-state index is 13.6. The van der Waals surface area contributed by atoms with Crippen molar-refractivity contribution in [3.63, 3.8) is 0 Å². The number of nitrogens with zero attached hydrogens (tertiary/aromatic N) is 1. The second kappa shape index (κ2) is 9.69. The molecule has 1 saturated heterocycles. The molecule has 0 atom stereocenters. The standard InChI is InChI=1S/C27H26N2O4/c1-2-33-23-15-13-22(14-16-23)24(30)19-29-25(31)27(28-26(29)32,17-20-9-5-3-6-10-20)18-21-11-7-4-8-12-21/h3-16H,2,17-19H2,1H3,(H,28,32). The molecule has 0 radical (unpaired) electrons. The molecule has 0 saturated carbocycles. The highest BCUT2D eigenvalue weighted by Crippen LogP contribution is 2.27. The maximum atomic E-state index is 13.6. The lowest BCUT2D eigenvalue weighted by Crippen LogP contribution is -2.51. The Morgan fingerprint density at radius 1 is 0.848 bits per heavy atom. The number of carbonyl (C=O) groups is 3. The van der Waals surface area contributed by atoms with Gasteiger partial charge < -0.3 is 10.1 Å². The molecule has 0 aliphatic carbocycles. The molecule has 0 bridgehead atoms. The fourth-order valence-electron chi connectivity index (χ4n) is 4.15. The van der Waals surface area contributed by atoms with E-state index in [0.29, 0.717) is 30.8 Å². The van der Waals surface area contributed by atoms with Gasteiger partial charge >= 0.3 is 6.03 Å². The van der Waals surface area contributed by atoms with E-state index in [1.807, 2.05) is 67.6 Å². The second-order valence-electron chi connectivity index (χ2n) is 8.11. The zero-order chi connectivity index (χ0) is 23.3. The summed E-state index contributed by atoms with van der Waals surface area (Å²) in [5, 5.41) is 2.91. The summed E-state index contributed by atoms with van der Waals surface area (Å²) in [5.41, 5.74) is 1.13. The Bertz CT molecular complexity index is 1090. The average molecular weight is 443 g/mol. The number of benzene rings is 3. The molecular formula is C27H26N2O4. The van der Waals surface area contributed by atoms with Crippen molar-refractivity contribution in [3.8, 4) is 5.75 Å². The Kier molecular flexibility index (Phi) is 6.54. The van der Waals surface area contributed by atoms with Crippen molar-refractivity contribution in [2.75, 3.05) is 13.2 Å². The third kappa shape index (κ3) is 4.95. The summed E-state index contributed by atoms with van der Waals surface area (Å²) < 4.78 is 5.41. The van der Waals surface area contributed by atoms with Gasteiger partial charge in [-0.1, -0.05) is 60.7 Å². The SMILES string of the molecule is CCOc1ccc(C(=O)CN2C(=O)NC(Cc3ccccc3)(Cc3ccccc3)C2=O)cc1. The third-order valence-electron chi connectivity index (χ3n) is 5.73. The Hall–Kier alpha value is -3.93. The number of ketones is 1. The first-order valence-electron chi connectivity index (χ1n) is 11.0. The molecule has 0 unspecified atom stereocenters. The van der Waals surface area contributed by atoms with Crippen molar-refractivity contribution in [1.82, 2.24) is 10.2 Å². The van der Waals surface area contributed by atoms with E-state index < -0.39 is 11.6 Å². The minimum Gasteiger partial charge on any atom is -0.494 e. The van der Waals surface area contributed by atoms with Crippen LogP contribution in [0.3, 0.4) is 0 Å². The fourth-order valence-corrected chi connectivity index (χ4v) is 4.15. The highest BCUT2D eigenvalue weighted by atomic mass is 16.5. The number of urea groups is 1. The second-order valence-corrected chi connectivity index (χ2v) is 8.11. The first-order valence-corrected chi connectivity index (χ1v) is 11.0. The van der Waals surface area contributed by atoms with Gasteiger partial charge in [-0.05, 0) is 42.3 Å². The van der Waals surface area contributed by atoms with Crippen LogP contribution in [0.25, 0.3) is 0 Å². The lowest BCUT2D eigenvalue weighted by atomic mass is 9.84. The Balaban J connectivity index is 1.58. The van der Waals surface area contributed by atoms with Gasteiger partial charge in [-0.25, -0.2) is 4.79 Å². The molecule has 3 aromatic rings. The van der Waals surface area contributed by atoms with Crippen LogP contribution in [0.1, 0.15) is 28.4 Å². The summed E-state index contributed by atoms with van der Waals surface area (Å²) in [6, 6.07) is 25.3. The minimum atomic E-state index is -1.15. The average Bonchev–Trinajstić information content (AvgIpc) is 3.05. The smallest absolute Gasteiger partial charge is 0.325 e. The number of Topliss-reactive ketones (excluding diaryl/α,β-unsaturated/α-hetero) is 1. The van der Waals surface area contributed by atoms with Crippen LogP contribution >= 0.6 is 0 Å². The van der Waals surface area contributed by atoms with Gasteiger partial charge in [-0.2, -0.15) is 0 Å². The minimum absolute atomic E-state index is 0.309. The highest BCUT2D eigenvalue weighted by Gasteiger charge is 2.51. The largest absolute Gasteiger partial charge is 0.494 e. The Morgan fingerprint density at radius 3 is 1.91 bits per heavy atom. The number of hydrogen-bond donors (Lipinski definition) is 1. The monoisotopic (exact) mass is 442 g/mol. The molecule has 1 aliphatic rings. The number of carbonyl (C=O) groups excluding carboxylic acids is 3. The van der Waals surface area contributed by atoms with E-state index in [1.54, 1.807) is 24.3 Å². The topological polar surface area (TPSA) is 75.7 Å². The van der Waals surface area contributed by atoms with Crippen LogP contribution in [0.5, 0.6) is 5.75 Å². The summed E-state index contributed by atoms with van der Waals surface area (Å²) in [6.07, 6.45) is 0.669. The number of nitrogens with one attached hydrogen (secondary N) is 1. The van der Waals surface area contributed by atoms with Crippen molar-refractivity contribution < 1.29 is 19.1 Å². The molecule has 4 rings (SSSR count). The van der Waals surface area contributed by atoms with E-state index in [0.717, 1.165) is 16.0 Å². The summed E-state index contributed by atoms with van der Waals surface area (Å²) in [7, 11) is 0. The van der Waals surface area contributed by atoms with Crippen molar-refractivity contribution in [1.29, 1.82) is 0 Å². The Morgan fingerprint density at radius 2 is 1.39 bits per heavy atom. The molecule has 0 aromatic heterocycles. The van der Waals surface area contributed by atoms with E-state index in [1.165, 1.54) is 0 Å². The quantitative estimate of drug-likeness (QED) is 0.401. The predicted octanol–water partition coefficient (Wildman–Crippen LogP) is 4.04. The number of rotatable bonds is 9. The lowest BCUT2D eigenvalue weighted by Gasteiger charge is -2.27. The number of amides is 3. The zero-order valence-electron chi connectivity index (χ0n) is 18.5. The summed E-state index contributed by atoms with van der Waals surface area (Å²) in [5.74, 6) is -0.0370. The van der Waals surface area contributed by atoms with E-state index in [-0.39, 0.29) is 18.2 Å². The molecule has 1 fully saturated rings. The summed E-state index contributed by atoms with van der Waals surface area (Å²) in [4.78, 5) is 40.4. The molecule has 1 aliphatic heterocycles. The van der Waals surface area contributed by atoms with Gasteiger partial charge in [0.05, 0.1) is 13.2 Å². The van der Waals surface area contributed by atoms with E-state index in [2.05, 4.69) is 5.32 Å². The molecule has 3 amide bonds. The van der Waals surface area contributed by atoms with Crippen molar-refractivity contribution in [2.24, 2.45) is 0 Å². The van der Waals surface area contributed by atoms with Crippen LogP contribution in [0, 0.1) is 0 Å². The molecule has 3 aromatic carbocycles. The van der Waals surface area contributed by atoms with Gasteiger partial charge in [-0.3, -0.25) is 14.5 Å². The van der Waals surface area contributed by atoms with Crippen LogP contribution in [0.2, 0.25) is 0 Å². The number of hydrogen-bond acceptors (Lipinski definition) is 4. The van der Waals surface area contributed by atoms with Crippen molar-refractivity contribution in [3.05, 3.63) is 102 Å². The summed E-state index contributed by atoms with van der Waals surface area (Å²) in [6.45, 7) is 2.10. The van der Waals surface area contributed by atoms with Crippen LogP contribution in [0.15, 0.2) is 84.9 Å². The Labute approximate surface area is 193 Å². The number of imide groups is 1. The van der Waals surface area contributed by atoms with E-state index in [9.17, 15) is 14.4 Å². The van der Waals surface area contributed by atoms with Gasteiger partial charge in [0, 0.05) is 18.4 Å². The molecule has 1 heterocycles. The highest BCUT2D eigenvalue weighted by molar-refractivity contribution is 6.11. The predicted molar refractivity (Wildman–Crippen MR) is 125 cm³/mol. The fraction of sp³-hybridized carbons (Fsp3) is 0.222. The molecular weight excluding hydrogens is 416 g/mol. The first kappa shape index (κ1) is 22.3. The van der Waals surface area contributed by atoms with Crippen LogP contribution in [-0.4, -0.2) is 41.3 Å². The maximum Gasteiger partial charge on any atom is 0.325 e. The molecule has 1 N–H and O–H groups in total. The van der Waals surface area contributed by atoms with Crippen molar-refractivity contribution >= 4 is 17.7 Å². The van der Waals surface area contributed by atoms with E-state index in [4.69, 9.17) is 4.74 Å². The van der Waals surface area contributed by atoms with Gasteiger partial charge in [0.15, 0.2) is 5.78 Å². The molecule has 0 spiro atoms. The normalized spacial score (nSPS) is 14.8. The van der Waals surface area contributed by atoms with Gasteiger partial charge in [0.25, 0.3) is 5.91 Å². The van der Waals surface area contributed by atoms with E-state index >= 15 is 0 Å². The zero-order valence-corrected chi connectivity index (χ0v) is 18.5. The van der Waals surface area contributed by atoms with Gasteiger partial charge in [-0.15, -0.1) is 0 Å². The lowest BCUT2D eigenvalue weighted by molar-refractivity contribution is -0.131. The van der Waals surface area contributed by atoms with Crippen LogP contribution in [-0.2, 0) is 17.6 Å². The molecule has 6 nitrogen and oxygen atoms in total. The molecule has 168 valence electrons. The first-order chi connectivity index (χ1) is 16.0.